The van der Waals surface area contributed by atoms with Gasteiger partial charge in [-0.05, 0) is 44.0 Å². The number of nitrogens with one attached hydrogen (secondary N) is 1. The Kier molecular flexibility index (Phi) is 4.80. The highest BCUT2D eigenvalue weighted by molar-refractivity contribution is 5.92. The quantitative estimate of drug-likeness (QED) is 0.819. The summed E-state index contributed by atoms with van der Waals surface area (Å²) in [6.45, 7) is 3.70. The number of nitrogens with zero attached hydrogens (tertiary/aromatic N) is 1. The van der Waals surface area contributed by atoms with Crippen LogP contribution < -0.4 is 11.1 Å². The molecule has 1 aliphatic rings. The molecule has 0 radical (unpaired) electrons. The number of anilines is 2. The molecule has 0 spiro atoms. The van der Waals surface area contributed by atoms with Crippen LogP contribution in [0.25, 0.3) is 0 Å². The molecule has 2 rings (SSSR count). The summed E-state index contributed by atoms with van der Waals surface area (Å²) in [4.78, 5) is 14.4. The van der Waals surface area contributed by atoms with E-state index in [-0.39, 0.29) is 5.91 Å². The van der Waals surface area contributed by atoms with Crippen LogP contribution in [-0.4, -0.2) is 29.9 Å². The van der Waals surface area contributed by atoms with Gasteiger partial charge in [0.05, 0.1) is 6.54 Å². The Bertz CT molecular complexity index is 433. The van der Waals surface area contributed by atoms with E-state index in [0.29, 0.717) is 18.3 Å². The monoisotopic (exact) mass is 261 g/mol. The minimum atomic E-state index is 0.0472. The predicted octanol–water partition coefficient (Wildman–Crippen LogP) is 2.47. The van der Waals surface area contributed by atoms with Gasteiger partial charge >= 0.3 is 0 Å². The largest absolute Gasteiger partial charge is 0.399 e. The van der Waals surface area contributed by atoms with Gasteiger partial charge in [0.15, 0.2) is 0 Å². The SMILES string of the molecule is CCC1CCCCN1CC(=O)Nc1cccc(N)c1. The van der Waals surface area contributed by atoms with Crippen molar-refractivity contribution in [3.63, 3.8) is 0 Å². The fourth-order valence-corrected chi connectivity index (χ4v) is 2.73. The van der Waals surface area contributed by atoms with Crippen LogP contribution in [0.5, 0.6) is 0 Å². The van der Waals surface area contributed by atoms with Crippen molar-refractivity contribution in [2.24, 2.45) is 0 Å². The Morgan fingerprint density at radius 2 is 2.32 bits per heavy atom. The summed E-state index contributed by atoms with van der Waals surface area (Å²) >= 11 is 0. The Labute approximate surface area is 115 Å². The third kappa shape index (κ3) is 3.96. The average molecular weight is 261 g/mol. The molecule has 1 saturated heterocycles. The summed E-state index contributed by atoms with van der Waals surface area (Å²) in [6.07, 6.45) is 4.81. The zero-order valence-electron chi connectivity index (χ0n) is 11.6. The van der Waals surface area contributed by atoms with Gasteiger partial charge in [0, 0.05) is 17.4 Å². The van der Waals surface area contributed by atoms with Crippen molar-refractivity contribution >= 4 is 17.3 Å². The van der Waals surface area contributed by atoms with Gasteiger partial charge in [-0.3, -0.25) is 9.69 Å². The number of carbonyl (C=O) groups excluding carboxylic acids is 1. The predicted molar refractivity (Wildman–Crippen MR) is 79.0 cm³/mol. The van der Waals surface area contributed by atoms with Crippen LogP contribution in [-0.2, 0) is 4.79 Å². The summed E-state index contributed by atoms with van der Waals surface area (Å²) in [7, 11) is 0. The second-order valence-corrected chi connectivity index (χ2v) is 5.20. The number of piperidine rings is 1. The van der Waals surface area contributed by atoms with Gasteiger partial charge in [0.25, 0.3) is 0 Å². The standard InChI is InChI=1S/C15H23N3O/c1-2-14-8-3-4-9-18(14)11-15(19)17-13-7-5-6-12(16)10-13/h5-7,10,14H,2-4,8-9,11,16H2,1H3,(H,17,19). The molecule has 1 aromatic carbocycles. The number of likely N-dealkylation sites (tertiary alicyclic amines) is 1. The molecule has 0 bridgehead atoms. The van der Waals surface area contributed by atoms with Gasteiger partial charge < -0.3 is 11.1 Å². The van der Waals surface area contributed by atoms with Crippen LogP contribution in [0.1, 0.15) is 32.6 Å². The first kappa shape index (κ1) is 13.9. The topological polar surface area (TPSA) is 58.4 Å². The van der Waals surface area contributed by atoms with Crippen molar-refractivity contribution in [3.05, 3.63) is 24.3 Å². The zero-order valence-corrected chi connectivity index (χ0v) is 11.6. The van der Waals surface area contributed by atoms with Gasteiger partial charge in [-0.2, -0.15) is 0 Å². The van der Waals surface area contributed by atoms with Crippen molar-refractivity contribution in [3.8, 4) is 0 Å². The Hall–Kier alpha value is -1.55. The Morgan fingerprint density at radius 3 is 3.05 bits per heavy atom. The molecule has 4 heteroatoms. The number of hydrogen-bond acceptors (Lipinski definition) is 3. The summed E-state index contributed by atoms with van der Waals surface area (Å²) < 4.78 is 0. The van der Waals surface area contributed by atoms with Crippen LogP contribution in [0.15, 0.2) is 24.3 Å². The Balaban J connectivity index is 1.90. The van der Waals surface area contributed by atoms with Crippen molar-refractivity contribution < 1.29 is 4.79 Å². The molecule has 19 heavy (non-hydrogen) atoms. The lowest BCUT2D eigenvalue weighted by atomic mass is 10.00. The maximum absolute atomic E-state index is 12.1. The molecule has 104 valence electrons. The van der Waals surface area contributed by atoms with Crippen LogP contribution >= 0.6 is 0 Å². The lowest BCUT2D eigenvalue weighted by Crippen LogP contribution is -2.43. The first-order valence-corrected chi connectivity index (χ1v) is 7.08. The van der Waals surface area contributed by atoms with Crippen molar-refractivity contribution in [2.45, 2.75) is 38.6 Å². The van der Waals surface area contributed by atoms with E-state index in [1.807, 2.05) is 18.2 Å². The summed E-state index contributed by atoms with van der Waals surface area (Å²) in [5, 5.41) is 2.91. The molecule has 1 fully saturated rings. The van der Waals surface area contributed by atoms with Gasteiger partial charge in [-0.1, -0.05) is 19.4 Å². The van der Waals surface area contributed by atoms with E-state index >= 15 is 0 Å². The molecular weight excluding hydrogens is 238 g/mol. The second-order valence-electron chi connectivity index (χ2n) is 5.20. The van der Waals surface area contributed by atoms with E-state index in [2.05, 4.69) is 17.1 Å². The van der Waals surface area contributed by atoms with Gasteiger partial charge in [-0.15, -0.1) is 0 Å². The van der Waals surface area contributed by atoms with Crippen LogP contribution in [0, 0.1) is 0 Å². The van der Waals surface area contributed by atoms with E-state index in [1.165, 1.54) is 19.3 Å². The van der Waals surface area contributed by atoms with Crippen LogP contribution in [0.3, 0.4) is 0 Å². The fourth-order valence-electron chi connectivity index (χ4n) is 2.73. The normalized spacial score (nSPS) is 20.2. The molecule has 4 nitrogen and oxygen atoms in total. The molecule has 1 aliphatic heterocycles. The zero-order chi connectivity index (χ0) is 13.7. The summed E-state index contributed by atoms with van der Waals surface area (Å²) in [6, 6.07) is 7.86. The van der Waals surface area contributed by atoms with Crippen molar-refractivity contribution in [1.82, 2.24) is 4.90 Å². The molecule has 1 unspecified atom stereocenters. The van der Waals surface area contributed by atoms with Crippen molar-refractivity contribution in [2.75, 3.05) is 24.1 Å². The van der Waals surface area contributed by atoms with Gasteiger partial charge in [-0.25, -0.2) is 0 Å². The maximum Gasteiger partial charge on any atom is 0.238 e. The highest BCUT2D eigenvalue weighted by atomic mass is 16.2. The van der Waals surface area contributed by atoms with E-state index in [1.54, 1.807) is 6.07 Å². The molecule has 0 aromatic heterocycles. The van der Waals surface area contributed by atoms with Gasteiger partial charge in [0.1, 0.15) is 0 Å². The van der Waals surface area contributed by atoms with Crippen LogP contribution in [0.4, 0.5) is 11.4 Å². The summed E-state index contributed by atoms with van der Waals surface area (Å²) in [5.41, 5.74) is 7.14. The number of benzene rings is 1. The number of nitrogens with two attached hydrogens (primary N) is 1. The second kappa shape index (κ2) is 6.57. The maximum atomic E-state index is 12.1. The molecular formula is C15H23N3O. The lowest BCUT2D eigenvalue weighted by molar-refractivity contribution is -0.118. The number of hydrogen-bond donors (Lipinski definition) is 2. The lowest BCUT2D eigenvalue weighted by Gasteiger charge is -2.34. The first-order chi connectivity index (χ1) is 9.19. The highest BCUT2D eigenvalue weighted by Crippen LogP contribution is 2.19. The molecule has 3 N–H and O–H groups in total. The molecule has 1 heterocycles. The van der Waals surface area contributed by atoms with E-state index < -0.39 is 0 Å². The number of rotatable bonds is 4. The minimum absolute atomic E-state index is 0.0472. The number of amides is 1. The van der Waals surface area contributed by atoms with E-state index in [9.17, 15) is 4.79 Å². The smallest absolute Gasteiger partial charge is 0.238 e. The number of nitrogen functional groups attached to an aromatic ring is 1. The van der Waals surface area contributed by atoms with Crippen LogP contribution in [0.2, 0.25) is 0 Å². The third-order valence-electron chi connectivity index (χ3n) is 3.74. The average Bonchev–Trinajstić information content (AvgIpc) is 2.39. The summed E-state index contributed by atoms with van der Waals surface area (Å²) in [5.74, 6) is 0.0472. The van der Waals surface area contributed by atoms with E-state index in [4.69, 9.17) is 5.73 Å². The fraction of sp³-hybridized carbons (Fsp3) is 0.533. The van der Waals surface area contributed by atoms with Gasteiger partial charge in [0.2, 0.25) is 5.91 Å². The van der Waals surface area contributed by atoms with Crippen molar-refractivity contribution in [1.29, 1.82) is 0 Å². The molecule has 0 aliphatic carbocycles. The molecule has 1 amide bonds. The number of carbonyl (C=O) groups is 1. The Morgan fingerprint density at radius 1 is 1.47 bits per heavy atom. The first-order valence-electron chi connectivity index (χ1n) is 7.08. The molecule has 0 saturated carbocycles. The molecule has 1 atom stereocenters. The minimum Gasteiger partial charge on any atom is -0.399 e. The third-order valence-corrected chi connectivity index (χ3v) is 3.74. The molecule has 1 aromatic rings. The highest BCUT2D eigenvalue weighted by Gasteiger charge is 2.22. The van der Waals surface area contributed by atoms with E-state index in [0.717, 1.165) is 18.7 Å².